The van der Waals surface area contributed by atoms with Crippen molar-refractivity contribution in [1.82, 2.24) is 9.62 Å². The van der Waals surface area contributed by atoms with Crippen molar-refractivity contribution in [3.8, 4) is 5.75 Å². The maximum absolute atomic E-state index is 13.6. The molecule has 1 atom stereocenters. The van der Waals surface area contributed by atoms with Crippen molar-refractivity contribution in [2.45, 2.75) is 30.7 Å². The van der Waals surface area contributed by atoms with E-state index in [2.05, 4.69) is 21.2 Å². The number of carbonyl (C=O) groups is 1. The zero-order valence-corrected chi connectivity index (χ0v) is 19.2. The molecule has 1 fully saturated rings. The van der Waals surface area contributed by atoms with Gasteiger partial charge in [-0.2, -0.15) is 4.31 Å². The van der Waals surface area contributed by atoms with Gasteiger partial charge in [0.05, 0.1) is 13.2 Å². The number of hydrogen-bond acceptors (Lipinski definition) is 4. The molecule has 162 valence electrons. The molecular formula is C21H24BrFN2O4S. The summed E-state index contributed by atoms with van der Waals surface area (Å²) in [7, 11) is -2.57. The Bertz CT molecular complexity index is 1010. The number of methoxy groups -OCH3 is 1. The Labute approximate surface area is 184 Å². The van der Waals surface area contributed by atoms with Crippen LogP contribution in [-0.4, -0.2) is 38.8 Å². The second kappa shape index (κ2) is 9.45. The number of halogens is 2. The molecule has 0 aromatic heterocycles. The summed E-state index contributed by atoms with van der Waals surface area (Å²) in [6.45, 7) is 2.29. The number of hydrogen-bond donors (Lipinski definition) is 1. The summed E-state index contributed by atoms with van der Waals surface area (Å²) in [6, 6.07) is 11.0. The number of piperidine rings is 1. The molecule has 1 heterocycles. The van der Waals surface area contributed by atoms with E-state index < -0.39 is 15.8 Å². The molecule has 0 aliphatic carbocycles. The van der Waals surface area contributed by atoms with E-state index in [1.807, 2.05) is 31.2 Å². The molecule has 0 radical (unpaired) electrons. The van der Waals surface area contributed by atoms with Crippen LogP contribution >= 0.6 is 15.9 Å². The number of carbonyl (C=O) groups excluding carboxylic acids is 1. The lowest BCUT2D eigenvalue weighted by Crippen LogP contribution is -2.43. The summed E-state index contributed by atoms with van der Waals surface area (Å²) in [5, 5.41) is 3.00. The van der Waals surface area contributed by atoms with Crippen LogP contribution in [0.25, 0.3) is 0 Å². The Morgan fingerprint density at radius 2 is 1.83 bits per heavy atom. The van der Waals surface area contributed by atoms with Crippen LogP contribution < -0.4 is 10.1 Å². The molecule has 30 heavy (non-hydrogen) atoms. The average Bonchev–Trinajstić information content (AvgIpc) is 2.74. The number of sulfonamides is 1. The SMILES string of the molecule is COc1ccc(F)cc1S(=O)(=O)N1CCC(C(=O)N[C@@H](C)c2ccc(Br)cc2)CC1. The van der Waals surface area contributed by atoms with Crippen molar-refractivity contribution in [2.75, 3.05) is 20.2 Å². The zero-order chi connectivity index (χ0) is 21.9. The molecule has 1 aliphatic rings. The molecule has 2 aromatic rings. The molecule has 0 saturated carbocycles. The van der Waals surface area contributed by atoms with E-state index in [9.17, 15) is 17.6 Å². The first-order valence-corrected chi connectivity index (χ1v) is 11.8. The van der Waals surface area contributed by atoms with Gasteiger partial charge in [-0.3, -0.25) is 4.79 Å². The van der Waals surface area contributed by atoms with E-state index >= 15 is 0 Å². The molecular weight excluding hydrogens is 475 g/mol. The Morgan fingerprint density at radius 3 is 2.43 bits per heavy atom. The predicted molar refractivity (Wildman–Crippen MR) is 115 cm³/mol. The molecule has 3 rings (SSSR count). The van der Waals surface area contributed by atoms with E-state index in [0.717, 1.165) is 22.2 Å². The maximum Gasteiger partial charge on any atom is 0.246 e. The quantitative estimate of drug-likeness (QED) is 0.655. The number of rotatable bonds is 6. The van der Waals surface area contributed by atoms with Crippen molar-refractivity contribution < 1.29 is 22.3 Å². The molecule has 1 amide bonds. The van der Waals surface area contributed by atoms with Gasteiger partial charge in [0.25, 0.3) is 0 Å². The van der Waals surface area contributed by atoms with Crippen LogP contribution in [0.3, 0.4) is 0 Å². The van der Waals surface area contributed by atoms with Gasteiger partial charge in [-0.25, -0.2) is 12.8 Å². The highest BCUT2D eigenvalue weighted by atomic mass is 79.9. The molecule has 1 saturated heterocycles. The van der Waals surface area contributed by atoms with Gasteiger partial charge in [-0.05, 0) is 55.7 Å². The third-order valence-corrected chi connectivity index (χ3v) is 7.75. The lowest BCUT2D eigenvalue weighted by molar-refractivity contribution is -0.126. The topological polar surface area (TPSA) is 75.7 Å². The molecule has 6 nitrogen and oxygen atoms in total. The smallest absolute Gasteiger partial charge is 0.246 e. The molecule has 0 bridgehead atoms. The highest BCUT2D eigenvalue weighted by Gasteiger charge is 2.34. The predicted octanol–water partition coefficient (Wildman–Crippen LogP) is 3.87. The Kier molecular flexibility index (Phi) is 7.15. The van der Waals surface area contributed by atoms with E-state index in [-0.39, 0.29) is 41.6 Å². The highest BCUT2D eigenvalue weighted by Crippen LogP contribution is 2.30. The summed E-state index contributed by atoms with van der Waals surface area (Å²) in [6.07, 6.45) is 0.797. The number of amides is 1. The first kappa shape index (κ1) is 22.7. The van der Waals surface area contributed by atoms with Gasteiger partial charge in [0.15, 0.2) is 0 Å². The van der Waals surface area contributed by atoms with Crippen molar-refractivity contribution in [3.05, 3.63) is 58.3 Å². The number of ether oxygens (including phenoxy) is 1. The Hall–Kier alpha value is -1.97. The summed E-state index contributed by atoms with van der Waals surface area (Å²) in [5.74, 6) is -0.917. The second-order valence-corrected chi connectivity index (χ2v) is 10.1. The fourth-order valence-corrected chi connectivity index (χ4v) is 5.42. The van der Waals surface area contributed by atoms with Crippen LogP contribution in [-0.2, 0) is 14.8 Å². The Balaban J connectivity index is 1.63. The highest BCUT2D eigenvalue weighted by molar-refractivity contribution is 9.10. The number of benzene rings is 2. The van der Waals surface area contributed by atoms with Crippen molar-refractivity contribution in [1.29, 1.82) is 0 Å². The standard InChI is InChI=1S/C21H24BrFN2O4S/c1-14(15-3-5-17(22)6-4-15)24-21(26)16-9-11-25(12-10-16)30(27,28)20-13-18(23)7-8-19(20)29-2/h3-8,13-14,16H,9-12H2,1-2H3,(H,24,26)/t14-/m0/s1. The molecule has 9 heteroatoms. The minimum absolute atomic E-state index is 0.0918. The monoisotopic (exact) mass is 498 g/mol. The van der Waals surface area contributed by atoms with Crippen molar-refractivity contribution >= 4 is 31.9 Å². The molecule has 0 unspecified atom stereocenters. The fourth-order valence-electron chi connectivity index (χ4n) is 3.52. The van der Waals surface area contributed by atoms with Crippen LogP contribution in [0, 0.1) is 11.7 Å². The largest absolute Gasteiger partial charge is 0.495 e. The van der Waals surface area contributed by atoms with Crippen LogP contribution in [0.15, 0.2) is 51.8 Å². The maximum atomic E-state index is 13.6. The molecule has 1 N–H and O–H groups in total. The lowest BCUT2D eigenvalue weighted by Gasteiger charge is -2.31. The Morgan fingerprint density at radius 1 is 1.20 bits per heavy atom. The minimum atomic E-state index is -3.91. The number of nitrogens with one attached hydrogen (secondary N) is 1. The van der Waals surface area contributed by atoms with E-state index in [1.165, 1.54) is 17.5 Å². The summed E-state index contributed by atoms with van der Waals surface area (Å²) in [4.78, 5) is 12.5. The van der Waals surface area contributed by atoms with Crippen LogP contribution in [0.2, 0.25) is 0 Å². The second-order valence-electron chi connectivity index (χ2n) is 7.26. The van der Waals surface area contributed by atoms with Crippen molar-refractivity contribution in [3.63, 3.8) is 0 Å². The van der Waals surface area contributed by atoms with Crippen LogP contribution in [0.5, 0.6) is 5.75 Å². The third kappa shape index (κ3) is 5.01. The van der Waals surface area contributed by atoms with E-state index in [0.29, 0.717) is 12.8 Å². The zero-order valence-electron chi connectivity index (χ0n) is 16.8. The third-order valence-electron chi connectivity index (χ3n) is 5.30. The normalized spacial score (nSPS) is 16.8. The van der Waals surface area contributed by atoms with Crippen molar-refractivity contribution in [2.24, 2.45) is 5.92 Å². The summed E-state index contributed by atoms with van der Waals surface area (Å²) >= 11 is 3.39. The molecule has 1 aliphatic heterocycles. The fraction of sp³-hybridized carbons (Fsp3) is 0.381. The molecule has 0 spiro atoms. The van der Waals surface area contributed by atoms with Gasteiger partial charge in [-0.1, -0.05) is 28.1 Å². The van der Waals surface area contributed by atoms with Gasteiger partial charge in [0.2, 0.25) is 15.9 Å². The number of nitrogens with zero attached hydrogens (tertiary/aromatic N) is 1. The van der Waals surface area contributed by atoms with Gasteiger partial charge >= 0.3 is 0 Å². The molecule has 2 aromatic carbocycles. The van der Waals surface area contributed by atoms with Gasteiger partial charge < -0.3 is 10.1 Å². The van der Waals surface area contributed by atoms with E-state index in [4.69, 9.17) is 4.74 Å². The van der Waals surface area contributed by atoms with Gasteiger partial charge in [0.1, 0.15) is 16.5 Å². The summed E-state index contributed by atoms with van der Waals surface area (Å²) in [5.41, 5.74) is 0.991. The summed E-state index contributed by atoms with van der Waals surface area (Å²) < 4.78 is 46.9. The minimum Gasteiger partial charge on any atom is -0.495 e. The lowest BCUT2D eigenvalue weighted by atomic mass is 9.96. The van der Waals surface area contributed by atoms with E-state index in [1.54, 1.807) is 0 Å². The first-order chi connectivity index (χ1) is 14.2. The van der Waals surface area contributed by atoms with Gasteiger partial charge in [-0.15, -0.1) is 0 Å². The van der Waals surface area contributed by atoms with Gasteiger partial charge in [0, 0.05) is 23.5 Å². The van der Waals surface area contributed by atoms with Crippen LogP contribution in [0.1, 0.15) is 31.4 Å². The average molecular weight is 499 g/mol. The first-order valence-electron chi connectivity index (χ1n) is 9.62. The van der Waals surface area contributed by atoms with Crippen LogP contribution in [0.4, 0.5) is 4.39 Å².